The molecule has 3 rings (SSSR count). The van der Waals surface area contributed by atoms with Crippen molar-refractivity contribution in [1.29, 1.82) is 0 Å². The van der Waals surface area contributed by atoms with Gasteiger partial charge in [0, 0.05) is 13.1 Å². The van der Waals surface area contributed by atoms with Gasteiger partial charge in [-0.2, -0.15) is 13.2 Å². The lowest BCUT2D eigenvalue weighted by Gasteiger charge is -2.16. The second-order valence-corrected chi connectivity index (χ2v) is 9.01. The highest BCUT2D eigenvalue weighted by Crippen LogP contribution is 2.35. The Morgan fingerprint density at radius 1 is 1.19 bits per heavy atom. The van der Waals surface area contributed by atoms with Gasteiger partial charge in [0.25, 0.3) is 5.56 Å². The maximum absolute atomic E-state index is 14.8. The van der Waals surface area contributed by atoms with E-state index in [1.54, 1.807) is 13.8 Å². The van der Waals surface area contributed by atoms with Crippen LogP contribution >= 0.6 is 23.4 Å². The number of carbonyl (C=O) groups is 2. The predicted molar refractivity (Wildman–Crippen MR) is 124 cm³/mol. The van der Waals surface area contributed by atoms with Gasteiger partial charge in [-0.05, 0) is 25.5 Å². The number of aromatic nitrogens is 2. The van der Waals surface area contributed by atoms with Crippen molar-refractivity contribution in [3.05, 3.63) is 55.6 Å². The van der Waals surface area contributed by atoms with Gasteiger partial charge in [0.1, 0.15) is 18.1 Å². The molecule has 36 heavy (non-hydrogen) atoms. The summed E-state index contributed by atoms with van der Waals surface area (Å²) in [6.07, 6.45) is -4.59. The van der Waals surface area contributed by atoms with E-state index in [0.717, 1.165) is 35.8 Å². The number of ether oxygens (including phenoxy) is 1. The molecule has 0 N–H and O–H groups in total. The van der Waals surface area contributed by atoms with Gasteiger partial charge in [0.05, 0.1) is 28.3 Å². The molecule has 0 bridgehead atoms. The van der Waals surface area contributed by atoms with Crippen LogP contribution in [0.15, 0.2) is 32.8 Å². The number of alkyl halides is 3. The minimum atomic E-state index is -4.99. The summed E-state index contributed by atoms with van der Waals surface area (Å²) >= 11 is 7.12. The molecular formula is C21H19ClF4N4O5S. The van der Waals surface area contributed by atoms with Gasteiger partial charge in [-0.25, -0.2) is 18.7 Å². The van der Waals surface area contributed by atoms with Crippen molar-refractivity contribution in [3.63, 3.8) is 0 Å². The van der Waals surface area contributed by atoms with Crippen LogP contribution in [0, 0.1) is 5.82 Å². The van der Waals surface area contributed by atoms with Gasteiger partial charge in [0.15, 0.2) is 5.17 Å². The van der Waals surface area contributed by atoms with E-state index in [0.29, 0.717) is 6.42 Å². The first-order valence-electron chi connectivity index (χ1n) is 10.4. The number of rotatable bonds is 6. The van der Waals surface area contributed by atoms with Crippen LogP contribution in [0.4, 0.5) is 23.2 Å². The van der Waals surface area contributed by atoms with Crippen LogP contribution in [-0.2, 0) is 27.5 Å². The number of nitrogens with zero attached hydrogens (tertiary/aromatic N) is 4. The zero-order valence-electron chi connectivity index (χ0n) is 19.1. The summed E-state index contributed by atoms with van der Waals surface area (Å²) in [6.45, 7) is 2.98. The molecule has 0 radical (unpaired) electrons. The third kappa shape index (κ3) is 5.33. The summed E-state index contributed by atoms with van der Waals surface area (Å²) in [6, 6.07) is 1.79. The Bertz CT molecular complexity index is 1370. The van der Waals surface area contributed by atoms with E-state index in [9.17, 15) is 36.7 Å². The van der Waals surface area contributed by atoms with E-state index in [2.05, 4.69) is 4.99 Å². The summed E-state index contributed by atoms with van der Waals surface area (Å²) in [4.78, 5) is 55.0. The minimum Gasteiger partial charge on any atom is -0.465 e. The number of amides is 1. The van der Waals surface area contributed by atoms with Crippen molar-refractivity contribution < 1.29 is 31.9 Å². The fourth-order valence-electron chi connectivity index (χ4n) is 3.34. The van der Waals surface area contributed by atoms with Gasteiger partial charge in [-0.15, -0.1) is 0 Å². The smallest absolute Gasteiger partial charge is 0.431 e. The van der Waals surface area contributed by atoms with Crippen LogP contribution in [0.3, 0.4) is 0 Å². The van der Waals surface area contributed by atoms with Crippen molar-refractivity contribution in [3.8, 4) is 5.69 Å². The molecule has 0 saturated carbocycles. The number of hydrogen-bond acceptors (Lipinski definition) is 7. The molecule has 1 atom stereocenters. The number of benzene rings is 1. The quantitative estimate of drug-likeness (QED) is 0.404. The molecule has 1 amide bonds. The van der Waals surface area contributed by atoms with E-state index in [1.807, 2.05) is 0 Å². The molecule has 15 heteroatoms. The van der Waals surface area contributed by atoms with E-state index in [1.165, 1.54) is 0 Å². The molecule has 194 valence electrons. The largest absolute Gasteiger partial charge is 0.465 e. The Morgan fingerprint density at radius 3 is 2.44 bits per heavy atom. The maximum Gasteiger partial charge on any atom is 0.431 e. The molecule has 1 aromatic heterocycles. The van der Waals surface area contributed by atoms with Gasteiger partial charge in [0.2, 0.25) is 5.91 Å². The summed E-state index contributed by atoms with van der Waals surface area (Å²) in [7, 11) is 0.787. The standard InChI is InChI=1S/C21H19ClF4N4O5S/c1-4-14-18(33)29(9-17(32)35-5-2)19(36-14)27-12-7-13(11(23)6-10(12)22)30-16(31)8-15(21(24,25)26)28(3)20(30)34/h6-8,14H,4-5,9H2,1-3H3. The average Bonchev–Trinajstić information content (AvgIpc) is 3.07. The van der Waals surface area contributed by atoms with Crippen LogP contribution in [0.1, 0.15) is 26.0 Å². The third-order valence-corrected chi connectivity index (χ3v) is 6.71. The Labute approximate surface area is 210 Å². The Hall–Kier alpha value is -3.13. The lowest BCUT2D eigenvalue weighted by atomic mass is 10.2. The second kappa shape index (κ2) is 10.5. The van der Waals surface area contributed by atoms with Crippen molar-refractivity contribution in [1.82, 2.24) is 14.0 Å². The summed E-state index contributed by atoms with van der Waals surface area (Å²) < 4.78 is 59.5. The highest BCUT2D eigenvalue weighted by Gasteiger charge is 2.38. The monoisotopic (exact) mass is 550 g/mol. The fourth-order valence-corrected chi connectivity index (χ4v) is 4.62. The van der Waals surface area contributed by atoms with Gasteiger partial charge >= 0.3 is 17.8 Å². The van der Waals surface area contributed by atoms with E-state index in [-0.39, 0.29) is 37.7 Å². The lowest BCUT2D eigenvalue weighted by Crippen LogP contribution is -2.41. The molecule has 1 aromatic carbocycles. The fraction of sp³-hybridized carbons (Fsp3) is 0.381. The normalized spacial score (nSPS) is 17.2. The first-order valence-corrected chi connectivity index (χ1v) is 11.7. The maximum atomic E-state index is 14.8. The van der Waals surface area contributed by atoms with Gasteiger partial charge < -0.3 is 4.74 Å². The Kier molecular flexibility index (Phi) is 7.98. The number of thioether (sulfide) groups is 1. The summed E-state index contributed by atoms with van der Waals surface area (Å²) in [5.74, 6) is -2.28. The number of hydrogen-bond donors (Lipinski definition) is 0. The zero-order valence-corrected chi connectivity index (χ0v) is 20.6. The SMILES string of the molecule is CCOC(=O)CN1C(=O)C(CC)SC1=Nc1cc(-n2c(=O)cc(C(F)(F)F)n(C)c2=O)c(F)cc1Cl. The molecule has 0 aliphatic carbocycles. The number of halogens is 5. The van der Waals surface area contributed by atoms with Gasteiger partial charge in [-0.1, -0.05) is 30.3 Å². The highest BCUT2D eigenvalue weighted by molar-refractivity contribution is 8.15. The van der Waals surface area contributed by atoms with Crippen LogP contribution < -0.4 is 11.2 Å². The molecule has 1 fully saturated rings. The van der Waals surface area contributed by atoms with Gasteiger partial charge in [-0.3, -0.25) is 23.9 Å². The molecule has 2 aromatic rings. The number of carbonyl (C=O) groups excluding carboxylic acids is 2. The number of aliphatic imine (C=N–C) groups is 1. The molecular weight excluding hydrogens is 532 g/mol. The molecule has 1 saturated heterocycles. The molecule has 1 aliphatic heterocycles. The van der Waals surface area contributed by atoms with Crippen molar-refractivity contribution in [2.75, 3.05) is 13.2 Å². The number of amidine groups is 1. The number of esters is 1. The summed E-state index contributed by atoms with van der Waals surface area (Å²) in [5, 5.41) is -0.807. The van der Waals surface area contributed by atoms with Crippen LogP contribution in [0.2, 0.25) is 5.02 Å². The molecule has 9 nitrogen and oxygen atoms in total. The minimum absolute atomic E-state index is 0.0343. The first kappa shape index (κ1) is 27.5. The van der Waals surface area contributed by atoms with Crippen molar-refractivity contribution in [2.24, 2.45) is 12.0 Å². The van der Waals surface area contributed by atoms with E-state index in [4.69, 9.17) is 16.3 Å². The van der Waals surface area contributed by atoms with Crippen molar-refractivity contribution >= 4 is 46.1 Å². The topological polar surface area (TPSA) is 103 Å². The van der Waals surface area contributed by atoms with Crippen LogP contribution in [0.5, 0.6) is 0 Å². The zero-order chi connectivity index (χ0) is 26.9. The molecule has 0 spiro atoms. The average molecular weight is 551 g/mol. The second-order valence-electron chi connectivity index (χ2n) is 7.44. The van der Waals surface area contributed by atoms with E-state index < -0.39 is 58.3 Å². The Morgan fingerprint density at radius 2 is 1.86 bits per heavy atom. The van der Waals surface area contributed by atoms with Crippen LogP contribution in [-0.4, -0.2) is 49.5 Å². The first-order chi connectivity index (χ1) is 16.8. The molecule has 1 unspecified atom stereocenters. The Balaban J connectivity index is 2.15. The predicted octanol–water partition coefficient (Wildman–Crippen LogP) is 3.25. The molecule has 1 aliphatic rings. The van der Waals surface area contributed by atoms with Crippen molar-refractivity contribution in [2.45, 2.75) is 31.7 Å². The summed E-state index contributed by atoms with van der Waals surface area (Å²) in [5.41, 5.74) is -5.27. The molecule has 2 heterocycles. The van der Waals surface area contributed by atoms with Crippen LogP contribution in [0.25, 0.3) is 5.69 Å². The highest BCUT2D eigenvalue weighted by atomic mass is 35.5. The lowest BCUT2D eigenvalue weighted by molar-refractivity contribution is -0.146. The van der Waals surface area contributed by atoms with E-state index >= 15 is 0 Å². The third-order valence-electron chi connectivity index (χ3n) is 5.07.